The van der Waals surface area contributed by atoms with E-state index in [1.807, 2.05) is 13.8 Å². The van der Waals surface area contributed by atoms with E-state index in [-0.39, 0.29) is 5.69 Å². The number of nitro benzene ring substituents is 1. The van der Waals surface area contributed by atoms with E-state index in [0.717, 1.165) is 20.7 Å². The summed E-state index contributed by atoms with van der Waals surface area (Å²) in [6, 6.07) is 6.29. The molecule has 7 nitrogen and oxygen atoms in total. The van der Waals surface area contributed by atoms with Crippen LogP contribution in [0.3, 0.4) is 0 Å². The van der Waals surface area contributed by atoms with Crippen molar-refractivity contribution in [2.24, 2.45) is 0 Å². The lowest BCUT2D eigenvalue weighted by Gasteiger charge is -2.09. The fraction of sp³-hybridized carbons (Fsp3) is 0.118. The van der Waals surface area contributed by atoms with Gasteiger partial charge in [0, 0.05) is 17.1 Å². The van der Waals surface area contributed by atoms with Gasteiger partial charge in [-0.05, 0) is 37.6 Å². The summed E-state index contributed by atoms with van der Waals surface area (Å²) < 4.78 is 6.00. The Morgan fingerprint density at radius 3 is 2.80 bits per heavy atom. The van der Waals surface area contributed by atoms with E-state index < -0.39 is 4.92 Å². The van der Waals surface area contributed by atoms with E-state index in [1.54, 1.807) is 35.7 Å². The highest BCUT2D eigenvalue weighted by Gasteiger charge is 2.18. The number of aryl methyl sites for hydroxylation is 2. The fourth-order valence-corrected chi connectivity index (χ4v) is 3.69. The molecule has 0 unspecified atom stereocenters. The van der Waals surface area contributed by atoms with Crippen LogP contribution in [0, 0.1) is 24.0 Å². The van der Waals surface area contributed by atoms with Gasteiger partial charge >= 0.3 is 0 Å². The molecule has 0 aliphatic carbocycles. The third-order valence-corrected chi connectivity index (χ3v) is 5.16. The minimum Gasteiger partial charge on any atom is -0.436 e. The molecule has 0 amide bonds. The number of hydrogen-bond acceptors (Lipinski definition) is 7. The van der Waals surface area contributed by atoms with Crippen LogP contribution in [0.15, 0.2) is 36.8 Å². The molecule has 4 rings (SSSR count). The van der Waals surface area contributed by atoms with E-state index >= 15 is 0 Å². The van der Waals surface area contributed by atoms with Crippen molar-refractivity contribution in [3.05, 3.63) is 57.3 Å². The molecule has 0 spiro atoms. The Hall–Kier alpha value is -3.13. The number of benzene rings is 1. The summed E-state index contributed by atoms with van der Waals surface area (Å²) in [5.74, 6) is 0.845. The highest BCUT2D eigenvalue weighted by molar-refractivity contribution is 7.18. The minimum absolute atomic E-state index is 0.00848. The normalized spacial score (nSPS) is 11.1. The Morgan fingerprint density at radius 1 is 1.16 bits per heavy atom. The molecule has 124 valence electrons. The van der Waals surface area contributed by atoms with Crippen LogP contribution < -0.4 is 4.74 Å². The third kappa shape index (κ3) is 2.47. The summed E-state index contributed by atoms with van der Waals surface area (Å²) in [5.41, 5.74) is 1.48. The molecule has 0 saturated carbocycles. The van der Waals surface area contributed by atoms with Gasteiger partial charge in [-0.2, -0.15) is 0 Å². The first kappa shape index (κ1) is 15.4. The third-order valence-electron chi connectivity index (χ3n) is 4.04. The van der Waals surface area contributed by atoms with Gasteiger partial charge in [0.05, 0.1) is 15.7 Å². The van der Waals surface area contributed by atoms with E-state index in [1.165, 1.54) is 12.4 Å². The van der Waals surface area contributed by atoms with E-state index in [2.05, 4.69) is 15.0 Å². The number of aromatic nitrogens is 3. The zero-order valence-electron chi connectivity index (χ0n) is 13.4. The van der Waals surface area contributed by atoms with Crippen molar-refractivity contribution in [3.8, 4) is 11.6 Å². The minimum atomic E-state index is -0.428. The molecular weight excluding hydrogens is 340 g/mol. The standard InChI is InChI=1S/C17H12N4O3S/c1-9-10(2)25-17-14(9)16(19-8-20-17)24-13-6-5-12(21(22)23)11-4-3-7-18-15(11)13/h3-8H,1-2H3. The van der Waals surface area contributed by atoms with Gasteiger partial charge in [0.25, 0.3) is 5.69 Å². The van der Waals surface area contributed by atoms with Crippen LogP contribution >= 0.6 is 11.3 Å². The number of fused-ring (bicyclic) bond motifs is 2. The fourth-order valence-electron chi connectivity index (χ4n) is 2.70. The summed E-state index contributed by atoms with van der Waals surface area (Å²) in [7, 11) is 0. The van der Waals surface area contributed by atoms with Gasteiger partial charge in [-0.25, -0.2) is 9.97 Å². The molecule has 0 aliphatic rings. The maximum atomic E-state index is 11.2. The zero-order valence-corrected chi connectivity index (χ0v) is 14.2. The molecular formula is C17H12N4O3S. The predicted molar refractivity (Wildman–Crippen MR) is 95.4 cm³/mol. The topological polar surface area (TPSA) is 91.0 Å². The molecule has 8 heteroatoms. The molecule has 25 heavy (non-hydrogen) atoms. The first-order chi connectivity index (χ1) is 12.1. The number of thiophene rings is 1. The van der Waals surface area contributed by atoms with Gasteiger partial charge in [0.2, 0.25) is 5.88 Å². The van der Waals surface area contributed by atoms with Crippen molar-refractivity contribution in [2.75, 3.05) is 0 Å². The second-order valence-electron chi connectivity index (χ2n) is 5.48. The van der Waals surface area contributed by atoms with Crippen LogP contribution in [0.4, 0.5) is 5.69 Å². The zero-order chi connectivity index (χ0) is 17.6. The maximum absolute atomic E-state index is 11.2. The number of hydrogen-bond donors (Lipinski definition) is 0. The first-order valence-electron chi connectivity index (χ1n) is 7.47. The highest BCUT2D eigenvalue weighted by Crippen LogP contribution is 2.38. The Bertz CT molecular complexity index is 1140. The number of non-ortho nitro benzene ring substituents is 1. The molecule has 0 fully saturated rings. The first-order valence-corrected chi connectivity index (χ1v) is 8.28. The highest BCUT2D eigenvalue weighted by atomic mass is 32.1. The number of rotatable bonds is 3. The second kappa shape index (κ2) is 5.75. The second-order valence-corrected chi connectivity index (χ2v) is 6.69. The lowest BCUT2D eigenvalue weighted by Crippen LogP contribution is -1.95. The van der Waals surface area contributed by atoms with Gasteiger partial charge in [0.15, 0.2) is 5.75 Å². The van der Waals surface area contributed by atoms with Crippen LogP contribution in [0.1, 0.15) is 10.4 Å². The summed E-state index contributed by atoms with van der Waals surface area (Å²) in [6.07, 6.45) is 3.03. The van der Waals surface area contributed by atoms with Gasteiger partial charge in [-0.3, -0.25) is 15.1 Å². The van der Waals surface area contributed by atoms with Crippen LogP contribution in [0.5, 0.6) is 11.6 Å². The van der Waals surface area contributed by atoms with E-state index in [9.17, 15) is 10.1 Å². The van der Waals surface area contributed by atoms with Crippen LogP contribution in [0.2, 0.25) is 0 Å². The summed E-state index contributed by atoms with van der Waals surface area (Å²) in [6.45, 7) is 4.02. The Morgan fingerprint density at radius 2 is 2.00 bits per heavy atom. The molecule has 0 saturated heterocycles. The van der Waals surface area contributed by atoms with Crippen molar-refractivity contribution in [1.82, 2.24) is 15.0 Å². The van der Waals surface area contributed by atoms with Crippen LogP contribution in [-0.4, -0.2) is 19.9 Å². The van der Waals surface area contributed by atoms with Crippen molar-refractivity contribution in [3.63, 3.8) is 0 Å². The molecule has 3 aromatic heterocycles. The number of nitro groups is 1. The van der Waals surface area contributed by atoms with Crippen LogP contribution in [-0.2, 0) is 0 Å². The van der Waals surface area contributed by atoms with Crippen molar-refractivity contribution >= 4 is 38.1 Å². The van der Waals surface area contributed by atoms with Crippen molar-refractivity contribution in [1.29, 1.82) is 0 Å². The molecule has 1 aromatic carbocycles. The quantitative estimate of drug-likeness (QED) is 0.396. The number of pyridine rings is 1. The largest absolute Gasteiger partial charge is 0.436 e. The number of nitrogens with zero attached hydrogens (tertiary/aromatic N) is 4. The SMILES string of the molecule is Cc1sc2ncnc(Oc3ccc([N+](=O)[O-])c4cccnc34)c2c1C. The smallest absolute Gasteiger partial charge is 0.279 e. The van der Waals surface area contributed by atoms with Gasteiger partial charge in [-0.1, -0.05) is 0 Å². The Balaban J connectivity index is 1.90. The molecule has 4 aromatic rings. The Kier molecular flexibility index (Phi) is 3.54. The average Bonchev–Trinajstić information content (AvgIpc) is 2.90. The summed E-state index contributed by atoms with van der Waals surface area (Å²) in [4.78, 5) is 25.6. The van der Waals surface area contributed by atoms with Gasteiger partial charge in [-0.15, -0.1) is 11.3 Å². The molecule has 0 atom stereocenters. The van der Waals surface area contributed by atoms with Crippen molar-refractivity contribution in [2.45, 2.75) is 13.8 Å². The maximum Gasteiger partial charge on any atom is 0.279 e. The summed E-state index contributed by atoms with van der Waals surface area (Å²) in [5, 5.41) is 12.5. The Labute approximate surface area is 146 Å². The number of ether oxygens (including phenoxy) is 1. The molecule has 0 N–H and O–H groups in total. The molecule has 0 radical (unpaired) electrons. The lowest BCUT2D eigenvalue weighted by molar-refractivity contribution is -0.383. The van der Waals surface area contributed by atoms with Gasteiger partial charge < -0.3 is 4.74 Å². The average molecular weight is 352 g/mol. The molecule has 0 aliphatic heterocycles. The molecule has 0 bridgehead atoms. The van der Waals surface area contributed by atoms with E-state index in [0.29, 0.717) is 22.5 Å². The lowest BCUT2D eigenvalue weighted by atomic mass is 10.1. The predicted octanol–water partition coefficient (Wildman–Crippen LogP) is 4.56. The van der Waals surface area contributed by atoms with Crippen LogP contribution in [0.25, 0.3) is 21.1 Å². The van der Waals surface area contributed by atoms with Crippen molar-refractivity contribution < 1.29 is 9.66 Å². The van der Waals surface area contributed by atoms with Gasteiger partial charge in [0.1, 0.15) is 16.7 Å². The summed E-state index contributed by atoms with van der Waals surface area (Å²) >= 11 is 1.58. The molecule has 3 heterocycles. The monoisotopic (exact) mass is 352 g/mol. The van der Waals surface area contributed by atoms with E-state index in [4.69, 9.17) is 4.74 Å².